The number of benzene rings is 1. The quantitative estimate of drug-likeness (QED) is 0.897. The van der Waals surface area contributed by atoms with E-state index in [0.29, 0.717) is 6.54 Å². The highest BCUT2D eigenvalue weighted by atomic mass is 16.2. The van der Waals surface area contributed by atoms with Crippen molar-refractivity contribution in [2.75, 3.05) is 29.4 Å². The number of nitrogens with zero attached hydrogens (tertiary/aromatic N) is 2. The first-order chi connectivity index (χ1) is 9.97. The smallest absolute Gasteiger partial charge is 0.227 e. The molecule has 0 aliphatic carbocycles. The molecule has 114 valence electrons. The van der Waals surface area contributed by atoms with E-state index < -0.39 is 5.91 Å². The van der Waals surface area contributed by atoms with E-state index in [9.17, 15) is 9.59 Å². The third-order valence-corrected chi connectivity index (χ3v) is 4.13. The van der Waals surface area contributed by atoms with E-state index >= 15 is 0 Å². The second-order valence-electron chi connectivity index (χ2n) is 5.45. The van der Waals surface area contributed by atoms with Crippen LogP contribution in [-0.2, 0) is 9.59 Å². The molecule has 2 N–H and O–H groups in total. The molecule has 2 amide bonds. The van der Waals surface area contributed by atoms with Crippen LogP contribution in [0.3, 0.4) is 0 Å². The van der Waals surface area contributed by atoms with Gasteiger partial charge in [0, 0.05) is 37.4 Å². The van der Waals surface area contributed by atoms with E-state index in [4.69, 9.17) is 5.73 Å². The number of rotatable bonds is 5. The maximum Gasteiger partial charge on any atom is 0.227 e. The molecule has 21 heavy (non-hydrogen) atoms. The fourth-order valence-electron chi connectivity index (χ4n) is 2.86. The first-order valence-corrected chi connectivity index (χ1v) is 7.43. The summed E-state index contributed by atoms with van der Waals surface area (Å²) >= 11 is 0. The Hall–Kier alpha value is -2.04. The largest absolute Gasteiger partial charge is 0.372 e. The van der Waals surface area contributed by atoms with Crippen LogP contribution in [0, 0.1) is 12.8 Å². The zero-order valence-corrected chi connectivity index (χ0v) is 12.9. The lowest BCUT2D eigenvalue weighted by atomic mass is 10.1. The van der Waals surface area contributed by atoms with Crippen LogP contribution in [0.2, 0.25) is 0 Å². The third-order valence-electron chi connectivity index (χ3n) is 4.13. The second kappa shape index (κ2) is 6.16. The van der Waals surface area contributed by atoms with Crippen LogP contribution < -0.4 is 15.5 Å². The minimum absolute atomic E-state index is 0.0301. The highest BCUT2D eigenvalue weighted by Crippen LogP contribution is 2.30. The summed E-state index contributed by atoms with van der Waals surface area (Å²) < 4.78 is 0. The van der Waals surface area contributed by atoms with Gasteiger partial charge in [-0.25, -0.2) is 0 Å². The number of carbonyl (C=O) groups is 2. The number of hydrogen-bond acceptors (Lipinski definition) is 3. The maximum absolute atomic E-state index is 12.1. The molecule has 1 atom stereocenters. The Morgan fingerprint density at radius 3 is 2.52 bits per heavy atom. The molecule has 0 bridgehead atoms. The Kier molecular flexibility index (Phi) is 4.50. The van der Waals surface area contributed by atoms with Crippen LogP contribution in [0.1, 0.15) is 25.8 Å². The van der Waals surface area contributed by atoms with Gasteiger partial charge < -0.3 is 15.5 Å². The summed E-state index contributed by atoms with van der Waals surface area (Å²) in [5.74, 6) is -0.805. The van der Waals surface area contributed by atoms with E-state index in [1.54, 1.807) is 4.90 Å². The monoisotopic (exact) mass is 289 g/mol. The van der Waals surface area contributed by atoms with Crippen LogP contribution in [-0.4, -0.2) is 31.4 Å². The van der Waals surface area contributed by atoms with Gasteiger partial charge in [-0.1, -0.05) is 0 Å². The molecule has 1 aromatic carbocycles. The number of anilines is 2. The molecule has 1 aliphatic rings. The number of hydrogen-bond donors (Lipinski definition) is 1. The van der Waals surface area contributed by atoms with Gasteiger partial charge in [0.2, 0.25) is 11.8 Å². The normalized spacial score (nSPS) is 18.1. The van der Waals surface area contributed by atoms with Crippen LogP contribution in [0.15, 0.2) is 18.2 Å². The molecular weight excluding hydrogens is 266 g/mol. The standard InChI is InChI=1S/C16H23N3O2/c1-4-18(5-2)13-6-7-14(11(3)8-13)19-10-12(16(17)21)9-15(19)20/h6-8,12H,4-5,9-10H2,1-3H3,(H2,17,21). The zero-order valence-electron chi connectivity index (χ0n) is 12.9. The summed E-state index contributed by atoms with van der Waals surface area (Å²) in [5, 5.41) is 0. The molecule has 0 aromatic heterocycles. The summed E-state index contributed by atoms with van der Waals surface area (Å²) in [5.41, 5.74) is 8.38. The van der Waals surface area contributed by atoms with Gasteiger partial charge >= 0.3 is 0 Å². The fraction of sp³-hybridized carbons (Fsp3) is 0.500. The topological polar surface area (TPSA) is 66.6 Å². The van der Waals surface area contributed by atoms with Gasteiger partial charge in [0.05, 0.1) is 5.92 Å². The van der Waals surface area contributed by atoms with Crippen molar-refractivity contribution >= 4 is 23.2 Å². The fourth-order valence-corrected chi connectivity index (χ4v) is 2.86. The molecule has 1 aliphatic heterocycles. The molecular formula is C16H23N3O2. The van der Waals surface area contributed by atoms with Gasteiger partial charge in [-0.15, -0.1) is 0 Å². The van der Waals surface area contributed by atoms with Crippen molar-refractivity contribution in [1.82, 2.24) is 0 Å². The minimum atomic E-state index is -0.400. The van der Waals surface area contributed by atoms with Gasteiger partial charge in [-0.3, -0.25) is 9.59 Å². The molecule has 2 rings (SSSR count). The SMILES string of the molecule is CCN(CC)c1ccc(N2CC(C(N)=O)CC2=O)c(C)c1. The lowest BCUT2D eigenvalue weighted by Crippen LogP contribution is -2.29. The summed E-state index contributed by atoms with van der Waals surface area (Å²) in [7, 11) is 0. The lowest BCUT2D eigenvalue weighted by Gasteiger charge is -2.24. The highest BCUT2D eigenvalue weighted by molar-refractivity contribution is 6.00. The number of primary amides is 1. The van der Waals surface area contributed by atoms with Crippen molar-refractivity contribution in [3.63, 3.8) is 0 Å². The van der Waals surface area contributed by atoms with Gasteiger partial charge in [-0.2, -0.15) is 0 Å². The second-order valence-corrected chi connectivity index (χ2v) is 5.45. The summed E-state index contributed by atoms with van der Waals surface area (Å²) in [6.45, 7) is 8.51. The Morgan fingerprint density at radius 1 is 1.38 bits per heavy atom. The Morgan fingerprint density at radius 2 is 2.05 bits per heavy atom. The minimum Gasteiger partial charge on any atom is -0.372 e. The van der Waals surface area contributed by atoms with Crippen LogP contribution in [0.4, 0.5) is 11.4 Å². The van der Waals surface area contributed by atoms with Gasteiger partial charge in [0.25, 0.3) is 0 Å². The average Bonchev–Trinajstić information content (AvgIpc) is 2.83. The molecule has 1 unspecified atom stereocenters. The lowest BCUT2D eigenvalue weighted by molar-refractivity contribution is -0.123. The molecule has 1 heterocycles. The number of nitrogens with two attached hydrogens (primary N) is 1. The van der Waals surface area contributed by atoms with Gasteiger partial charge in [-0.05, 0) is 44.5 Å². The maximum atomic E-state index is 12.1. The molecule has 1 fully saturated rings. The van der Waals surface area contributed by atoms with Gasteiger partial charge in [0.1, 0.15) is 0 Å². The molecule has 0 radical (unpaired) electrons. The van der Waals surface area contributed by atoms with Crippen molar-refractivity contribution in [2.24, 2.45) is 11.7 Å². The van der Waals surface area contributed by atoms with Crippen LogP contribution >= 0.6 is 0 Å². The van der Waals surface area contributed by atoms with Crippen LogP contribution in [0.25, 0.3) is 0 Å². The zero-order chi connectivity index (χ0) is 15.6. The molecule has 1 aromatic rings. The van der Waals surface area contributed by atoms with Crippen molar-refractivity contribution < 1.29 is 9.59 Å². The molecule has 0 saturated carbocycles. The van der Waals surface area contributed by atoms with E-state index in [-0.39, 0.29) is 18.2 Å². The Labute approximate surface area is 125 Å². The third kappa shape index (κ3) is 3.01. The molecule has 0 spiro atoms. The van der Waals surface area contributed by atoms with E-state index in [0.717, 1.165) is 30.0 Å². The predicted molar refractivity (Wildman–Crippen MR) is 84.4 cm³/mol. The number of aryl methyl sites for hydroxylation is 1. The van der Waals surface area contributed by atoms with E-state index in [1.165, 1.54) is 0 Å². The van der Waals surface area contributed by atoms with E-state index in [1.807, 2.05) is 19.1 Å². The predicted octanol–water partition coefficient (Wildman–Crippen LogP) is 1.68. The van der Waals surface area contributed by atoms with E-state index in [2.05, 4.69) is 24.8 Å². The van der Waals surface area contributed by atoms with Crippen molar-refractivity contribution in [2.45, 2.75) is 27.2 Å². The van der Waals surface area contributed by atoms with Crippen molar-refractivity contribution in [1.29, 1.82) is 0 Å². The first-order valence-electron chi connectivity index (χ1n) is 7.43. The Bertz CT molecular complexity index is 552. The van der Waals surface area contributed by atoms with Gasteiger partial charge in [0.15, 0.2) is 0 Å². The highest BCUT2D eigenvalue weighted by Gasteiger charge is 2.34. The molecule has 5 heteroatoms. The molecule has 5 nitrogen and oxygen atoms in total. The number of amides is 2. The first kappa shape index (κ1) is 15.4. The van der Waals surface area contributed by atoms with Crippen LogP contribution in [0.5, 0.6) is 0 Å². The average molecular weight is 289 g/mol. The number of carbonyl (C=O) groups excluding carboxylic acids is 2. The Balaban J connectivity index is 2.25. The summed E-state index contributed by atoms with van der Waals surface area (Å²) in [6.07, 6.45) is 0.215. The van der Waals surface area contributed by atoms with Crippen molar-refractivity contribution in [3.8, 4) is 0 Å². The summed E-state index contributed by atoms with van der Waals surface area (Å²) in [6, 6.07) is 6.08. The summed E-state index contributed by atoms with van der Waals surface area (Å²) in [4.78, 5) is 27.3. The molecule has 1 saturated heterocycles. The van der Waals surface area contributed by atoms with Crippen molar-refractivity contribution in [3.05, 3.63) is 23.8 Å².